The molecule has 58 valence electrons. The molecule has 0 radical (unpaired) electrons. The van der Waals surface area contributed by atoms with Gasteiger partial charge in [-0.25, -0.2) is 4.79 Å². The number of rotatable bonds is 0. The Kier molecular flexibility index (Phi) is 1.15. The Hall–Kier alpha value is -1.45. The van der Waals surface area contributed by atoms with Gasteiger partial charge < -0.3 is 15.4 Å². The van der Waals surface area contributed by atoms with E-state index in [1.807, 2.05) is 6.92 Å². The maximum Gasteiger partial charge on any atom is 0.339 e. The summed E-state index contributed by atoms with van der Waals surface area (Å²) in [5, 5.41) is 5.90. The molecule has 0 spiro atoms. The lowest BCUT2D eigenvalue weighted by Gasteiger charge is -2.14. The van der Waals surface area contributed by atoms with Gasteiger partial charge in [0.1, 0.15) is 0 Å². The van der Waals surface area contributed by atoms with Crippen molar-refractivity contribution in [3.8, 4) is 0 Å². The van der Waals surface area contributed by atoms with Crippen molar-refractivity contribution in [2.24, 2.45) is 0 Å². The number of carbonyl (C=O) groups is 1. The Morgan fingerprint density at radius 3 is 2.91 bits per heavy atom. The van der Waals surface area contributed by atoms with Crippen molar-refractivity contribution in [2.45, 2.75) is 6.92 Å². The van der Waals surface area contributed by atoms with Crippen molar-refractivity contribution < 1.29 is 9.53 Å². The Balaban J connectivity index is 2.25. The lowest BCUT2D eigenvalue weighted by atomic mass is 10.4. The van der Waals surface area contributed by atoms with Gasteiger partial charge in [-0.05, 0) is 6.92 Å². The third-order valence-corrected chi connectivity index (χ3v) is 1.48. The van der Waals surface area contributed by atoms with Gasteiger partial charge in [0.15, 0.2) is 0 Å². The minimum Gasteiger partial charge on any atom is -0.404 e. The van der Waals surface area contributed by atoms with Crippen molar-refractivity contribution in [1.29, 1.82) is 0 Å². The number of hydrogen-bond donors (Lipinski definition) is 2. The summed E-state index contributed by atoms with van der Waals surface area (Å²) in [4.78, 5) is 10.8. The molecule has 2 rings (SSSR count). The minimum absolute atomic E-state index is 0.308. The van der Waals surface area contributed by atoms with Crippen LogP contribution in [0.15, 0.2) is 23.4 Å². The fraction of sp³-hybridized carbons (Fsp3) is 0.286. The smallest absolute Gasteiger partial charge is 0.339 e. The van der Waals surface area contributed by atoms with Crippen LogP contribution in [0.4, 0.5) is 0 Å². The molecule has 0 aliphatic carbocycles. The number of allylic oxidation sites excluding steroid dienone is 1. The zero-order valence-electron chi connectivity index (χ0n) is 6.10. The van der Waals surface area contributed by atoms with Crippen LogP contribution in [0, 0.1) is 0 Å². The van der Waals surface area contributed by atoms with Gasteiger partial charge in [0, 0.05) is 11.8 Å². The molecule has 11 heavy (non-hydrogen) atoms. The van der Waals surface area contributed by atoms with Gasteiger partial charge in [0.05, 0.1) is 12.2 Å². The van der Waals surface area contributed by atoms with Gasteiger partial charge in [-0.1, -0.05) is 0 Å². The zero-order valence-corrected chi connectivity index (χ0v) is 6.10. The highest BCUT2D eigenvalue weighted by atomic mass is 16.5. The van der Waals surface area contributed by atoms with Crippen LogP contribution in [-0.4, -0.2) is 12.5 Å². The number of nitrogens with one attached hydrogen (secondary N) is 2. The Morgan fingerprint density at radius 1 is 1.64 bits per heavy atom. The van der Waals surface area contributed by atoms with Gasteiger partial charge in [-0.15, -0.1) is 0 Å². The fourth-order valence-electron chi connectivity index (χ4n) is 0.889. The summed E-state index contributed by atoms with van der Waals surface area (Å²) in [5.41, 5.74) is 1.78. The van der Waals surface area contributed by atoms with Gasteiger partial charge >= 0.3 is 5.97 Å². The van der Waals surface area contributed by atoms with E-state index in [2.05, 4.69) is 10.6 Å². The first kappa shape index (κ1) is 6.27. The normalized spacial score (nSPS) is 28.1. The van der Waals surface area contributed by atoms with Crippen molar-refractivity contribution >= 4 is 5.97 Å². The van der Waals surface area contributed by atoms with Crippen LogP contribution in [0.3, 0.4) is 0 Å². The maximum atomic E-state index is 10.8. The Bertz CT molecular complexity index is 272. The van der Waals surface area contributed by atoms with Crippen LogP contribution in [0.25, 0.3) is 0 Å². The Labute approximate surface area is 63.9 Å². The molecule has 0 atom stereocenters. The molecular formula is C7H8N2O2. The Morgan fingerprint density at radius 2 is 2.36 bits per heavy atom. The van der Waals surface area contributed by atoms with Crippen LogP contribution < -0.4 is 10.6 Å². The second kappa shape index (κ2) is 2.02. The molecule has 0 unspecified atom stereocenters. The van der Waals surface area contributed by atoms with Crippen LogP contribution in [0.5, 0.6) is 0 Å². The average Bonchev–Trinajstić information content (AvgIpc) is 2.64. The van der Waals surface area contributed by atoms with E-state index in [0.29, 0.717) is 5.88 Å². The number of ether oxygens (including phenoxy) is 1. The van der Waals surface area contributed by atoms with Crippen molar-refractivity contribution in [3.63, 3.8) is 0 Å². The summed E-state index contributed by atoms with van der Waals surface area (Å²) in [7, 11) is 0. The summed E-state index contributed by atoms with van der Waals surface area (Å²) in [5.74, 6) is 0.243. The van der Waals surface area contributed by atoms with E-state index < -0.39 is 0 Å². The molecule has 0 saturated carbocycles. The standard InChI is InChI=1S/C7H8N2O2/c1-4-2-6(10)11-7(9-4)5-3-8-5/h2,8-9H,3H2,1H3/b7-5+. The molecule has 0 aromatic rings. The zero-order chi connectivity index (χ0) is 7.84. The van der Waals surface area contributed by atoms with Crippen molar-refractivity contribution in [3.05, 3.63) is 23.4 Å². The lowest BCUT2D eigenvalue weighted by Crippen LogP contribution is -2.23. The van der Waals surface area contributed by atoms with Crippen molar-refractivity contribution in [1.82, 2.24) is 10.6 Å². The van der Waals surface area contributed by atoms with E-state index in [4.69, 9.17) is 4.74 Å². The van der Waals surface area contributed by atoms with E-state index in [9.17, 15) is 4.79 Å². The first-order valence-electron chi connectivity index (χ1n) is 3.40. The molecule has 0 bridgehead atoms. The summed E-state index contributed by atoms with van der Waals surface area (Å²) >= 11 is 0. The number of hydrogen-bond acceptors (Lipinski definition) is 4. The minimum atomic E-state index is -0.308. The van der Waals surface area contributed by atoms with E-state index in [-0.39, 0.29) is 5.97 Å². The highest BCUT2D eigenvalue weighted by Crippen LogP contribution is 2.14. The predicted molar refractivity (Wildman–Crippen MR) is 38.0 cm³/mol. The van der Waals surface area contributed by atoms with E-state index >= 15 is 0 Å². The van der Waals surface area contributed by atoms with Gasteiger partial charge in [-0.3, -0.25) is 0 Å². The SMILES string of the molecule is CC1=CC(=O)O/C(=C2\CN2)N1. The van der Waals surface area contributed by atoms with Crippen LogP contribution >= 0.6 is 0 Å². The molecule has 0 aromatic carbocycles. The molecular weight excluding hydrogens is 144 g/mol. The third-order valence-electron chi connectivity index (χ3n) is 1.48. The molecule has 1 saturated heterocycles. The third kappa shape index (κ3) is 1.19. The summed E-state index contributed by atoms with van der Waals surface area (Å²) in [6.07, 6.45) is 1.42. The van der Waals surface area contributed by atoms with Crippen LogP contribution in [0.2, 0.25) is 0 Å². The maximum absolute atomic E-state index is 10.8. The summed E-state index contributed by atoms with van der Waals surface area (Å²) < 4.78 is 4.87. The van der Waals surface area contributed by atoms with E-state index in [1.54, 1.807) is 0 Å². The largest absolute Gasteiger partial charge is 0.404 e. The predicted octanol–water partition coefficient (Wildman–Crippen LogP) is -0.191. The van der Waals surface area contributed by atoms with Crippen LogP contribution in [0.1, 0.15) is 6.92 Å². The second-order valence-corrected chi connectivity index (χ2v) is 2.53. The monoisotopic (exact) mass is 152 g/mol. The molecule has 2 aliphatic rings. The summed E-state index contributed by atoms with van der Waals surface area (Å²) in [6, 6.07) is 0. The second-order valence-electron chi connectivity index (χ2n) is 2.53. The van der Waals surface area contributed by atoms with Gasteiger partial charge in [-0.2, -0.15) is 0 Å². The highest BCUT2D eigenvalue weighted by molar-refractivity contribution is 5.84. The van der Waals surface area contributed by atoms with Crippen LogP contribution in [-0.2, 0) is 9.53 Å². The van der Waals surface area contributed by atoms with E-state index in [0.717, 1.165) is 17.9 Å². The molecule has 0 amide bonds. The fourth-order valence-corrected chi connectivity index (χ4v) is 0.889. The first-order chi connectivity index (χ1) is 5.25. The lowest BCUT2D eigenvalue weighted by molar-refractivity contribution is -0.135. The topological polar surface area (TPSA) is 60.3 Å². The molecule has 1 fully saturated rings. The highest BCUT2D eigenvalue weighted by Gasteiger charge is 2.22. The quantitative estimate of drug-likeness (QED) is 0.373. The van der Waals surface area contributed by atoms with Gasteiger partial charge in [0.2, 0.25) is 5.88 Å². The number of cyclic esters (lactones) is 1. The van der Waals surface area contributed by atoms with E-state index in [1.165, 1.54) is 6.08 Å². The first-order valence-corrected chi connectivity index (χ1v) is 3.40. The molecule has 4 heteroatoms. The molecule has 2 N–H and O–H groups in total. The molecule has 2 aliphatic heterocycles. The van der Waals surface area contributed by atoms with Gasteiger partial charge in [0.25, 0.3) is 0 Å². The average molecular weight is 152 g/mol. The number of carbonyl (C=O) groups excluding carboxylic acids is 1. The number of esters is 1. The summed E-state index contributed by atoms with van der Waals surface area (Å²) in [6.45, 7) is 2.63. The molecule has 0 aromatic heterocycles. The molecule has 4 nitrogen and oxygen atoms in total. The molecule has 2 heterocycles. The van der Waals surface area contributed by atoms with Crippen molar-refractivity contribution in [2.75, 3.05) is 6.54 Å².